The summed E-state index contributed by atoms with van der Waals surface area (Å²) in [7, 11) is -2.98. The second kappa shape index (κ2) is 9.35. The van der Waals surface area contributed by atoms with E-state index in [1.165, 1.54) is 12.1 Å². The van der Waals surface area contributed by atoms with Crippen molar-refractivity contribution in [2.75, 3.05) is 12.4 Å². The fourth-order valence-corrected chi connectivity index (χ4v) is 8.47. The van der Waals surface area contributed by atoms with Gasteiger partial charge >= 0.3 is 5.97 Å². The second-order valence-electron chi connectivity index (χ2n) is 9.43. The van der Waals surface area contributed by atoms with Crippen LogP contribution in [0.4, 0.5) is 18.9 Å². The van der Waals surface area contributed by atoms with Gasteiger partial charge in [0.1, 0.15) is 0 Å². The molecule has 2 N–H and O–H groups in total. The number of fused-ring (bicyclic) bond motifs is 2. The van der Waals surface area contributed by atoms with Crippen molar-refractivity contribution in [3.8, 4) is 0 Å². The van der Waals surface area contributed by atoms with E-state index in [-0.39, 0.29) is 39.9 Å². The molecule has 2 aromatic carbocycles. The van der Waals surface area contributed by atoms with Gasteiger partial charge < -0.3 is 15.2 Å². The summed E-state index contributed by atoms with van der Waals surface area (Å²) in [6, 6.07) is 4.70. The number of aliphatic hydroxyl groups is 1. The number of hydrogen-bond acceptors (Lipinski definition) is 6. The Labute approximate surface area is 210 Å². The van der Waals surface area contributed by atoms with E-state index in [2.05, 4.69) is 5.32 Å². The van der Waals surface area contributed by atoms with Gasteiger partial charge in [-0.2, -0.15) is 0 Å². The molecule has 0 aromatic heterocycles. The van der Waals surface area contributed by atoms with Crippen molar-refractivity contribution in [1.82, 2.24) is 0 Å². The highest BCUT2D eigenvalue weighted by Crippen LogP contribution is 2.54. The van der Waals surface area contributed by atoms with E-state index in [9.17, 15) is 36.3 Å². The molecule has 7 nitrogen and oxygen atoms in total. The Morgan fingerprint density at radius 3 is 2.36 bits per heavy atom. The predicted octanol–water partition coefficient (Wildman–Crippen LogP) is 4.12. The first-order valence-electron chi connectivity index (χ1n) is 11.1. The van der Waals surface area contributed by atoms with Gasteiger partial charge in [0.2, 0.25) is 0 Å². The Morgan fingerprint density at radius 2 is 1.78 bits per heavy atom. The first-order valence-corrected chi connectivity index (χ1v) is 13.0. The number of carbonyl (C=O) groups is 2. The number of ether oxygens (including phenoxy) is 1. The molecule has 0 radical (unpaired) electrons. The monoisotopic (exact) mass is 545 g/mol. The molecule has 1 amide bonds. The summed E-state index contributed by atoms with van der Waals surface area (Å²) < 4.78 is 72.5. The van der Waals surface area contributed by atoms with Crippen LogP contribution in [0.1, 0.15) is 36.5 Å². The summed E-state index contributed by atoms with van der Waals surface area (Å²) in [5.74, 6) is -7.62. The zero-order valence-electron chi connectivity index (χ0n) is 19.2. The van der Waals surface area contributed by atoms with Gasteiger partial charge in [0.25, 0.3) is 5.91 Å². The first-order chi connectivity index (χ1) is 16.8. The lowest BCUT2D eigenvalue weighted by Crippen LogP contribution is -2.51. The highest BCUT2D eigenvalue weighted by molar-refractivity contribution is 7.92. The third-order valence-electron chi connectivity index (χ3n) is 7.13. The molecule has 0 spiro atoms. The summed E-state index contributed by atoms with van der Waals surface area (Å²) in [5, 5.41) is 12.0. The van der Waals surface area contributed by atoms with Crippen molar-refractivity contribution in [3.63, 3.8) is 0 Å². The number of carbonyl (C=O) groups excluding carboxylic acids is 2. The van der Waals surface area contributed by atoms with Gasteiger partial charge in [0, 0.05) is 23.4 Å². The van der Waals surface area contributed by atoms with Crippen LogP contribution in [0.15, 0.2) is 35.2 Å². The topological polar surface area (TPSA) is 110 Å². The summed E-state index contributed by atoms with van der Waals surface area (Å²) in [6.45, 7) is 1.85. The number of anilines is 1. The van der Waals surface area contributed by atoms with Crippen molar-refractivity contribution >= 4 is 39.0 Å². The molecule has 5 atom stereocenters. The van der Waals surface area contributed by atoms with Crippen molar-refractivity contribution in [3.05, 3.63) is 58.4 Å². The third kappa shape index (κ3) is 4.48. The predicted molar refractivity (Wildman–Crippen MR) is 124 cm³/mol. The van der Waals surface area contributed by atoms with Gasteiger partial charge in [-0.25, -0.2) is 26.4 Å². The molecule has 194 valence electrons. The lowest BCUT2D eigenvalue weighted by molar-refractivity contribution is -0.168. The van der Waals surface area contributed by atoms with Crippen LogP contribution in [0.5, 0.6) is 0 Å². The van der Waals surface area contributed by atoms with Crippen LogP contribution < -0.4 is 5.32 Å². The summed E-state index contributed by atoms with van der Waals surface area (Å²) in [4.78, 5) is 24.6. The van der Waals surface area contributed by atoms with Crippen LogP contribution in [-0.4, -0.2) is 43.4 Å². The van der Waals surface area contributed by atoms with Crippen LogP contribution in [0.2, 0.25) is 5.02 Å². The molecule has 0 heterocycles. The van der Waals surface area contributed by atoms with Crippen molar-refractivity contribution in [2.45, 2.75) is 41.9 Å². The molecule has 3 unspecified atom stereocenters. The fourth-order valence-electron chi connectivity index (χ4n) is 5.56. The van der Waals surface area contributed by atoms with Crippen LogP contribution in [0.3, 0.4) is 0 Å². The zero-order valence-corrected chi connectivity index (χ0v) is 20.8. The SMILES string of the molecule is COC(=O)[C@@]1(O)CC2C[C@H](C)C(C1)C2S(=O)(=O)c1cc(C(=O)Nc2cc(F)c(F)c(F)c2)ccc1Cl. The molecule has 12 heteroatoms. The smallest absolute Gasteiger partial charge is 0.337 e. The highest BCUT2D eigenvalue weighted by atomic mass is 35.5. The van der Waals surface area contributed by atoms with Gasteiger partial charge in [0.15, 0.2) is 32.9 Å². The van der Waals surface area contributed by atoms with Crippen molar-refractivity contribution in [1.29, 1.82) is 0 Å². The largest absolute Gasteiger partial charge is 0.467 e. The number of esters is 1. The van der Waals surface area contributed by atoms with E-state index >= 15 is 0 Å². The molecule has 2 bridgehead atoms. The van der Waals surface area contributed by atoms with Gasteiger partial charge in [-0.1, -0.05) is 18.5 Å². The Hall–Kier alpha value is -2.63. The lowest BCUT2D eigenvalue weighted by Gasteiger charge is -2.39. The number of methoxy groups -OCH3 is 1. The Kier molecular flexibility index (Phi) is 6.87. The molecule has 2 saturated carbocycles. The quantitative estimate of drug-likeness (QED) is 0.432. The Bertz CT molecular complexity index is 1330. The Balaban J connectivity index is 1.65. The number of sulfone groups is 1. The molecule has 2 fully saturated rings. The Morgan fingerprint density at radius 1 is 1.14 bits per heavy atom. The maximum atomic E-state index is 13.8. The van der Waals surface area contributed by atoms with E-state index in [0.29, 0.717) is 18.6 Å². The van der Waals surface area contributed by atoms with E-state index in [4.69, 9.17) is 16.3 Å². The first kappa shape index (κ1) is 26.4. The van der Waals surface area contributed by atoms with Gasteiger partial charge in [-0.15, -0.1) is 0 Å². The summed E-state index contributed by atoms with van der Waals surface area (Å²) in [5.41, 5.74) is -2.31. The van der Waals surface area contributed by atoms with E-state index in [1.54, 1.807) is 0 Å². The third-order valence-corrected chi connectivity index (χ3v) is 9.97. The highest BCUT2D eigenvalue weighted by Gasteiger charge is 2.59. The van der Waals surface area contributed by atoms with Crippen LogP contribution in [0, 0.1) is 35.2 Å². The number of rotatable bonds is 5. The maximum absolute atomic E-state index is 13.8. The molecule has 2 aliphatic rings. The maximum Gasteiger partial charge on any atom is 0.337 e. The number of halogens is 4. The summed E-state index contributed by atoms with van der Waals surface area (Å²) in [6.07, 6.45) is 0.276. The lowest BCUT2D eigenvalue weighted by atomic mass is 9.76. The van der Waals surface area contributed by atoms with Gasteiger partial charge in [0.05, 0.1) is 22.3 Å². The second-order valence-corrected chi connectivity index (χ2v) is 11.9. The molecular formula is C24H23ClF3NO6S. The van der Waals surface area contributed by atoms with E-state index < -0.39 is 61.9 Å². The standard InChI is InChI=1S/C24H23ClF3NO6S/c1-11-5-13-9-24(32,23(31)35-2)10-15(11)21(13)36(33,34)19-6-12(3-4-16(19)25)22(30)29-14-7-17(26)20(28)18(27)8-14/h3-4,6-8,11,13,15,21,32H,5,9-10H2,1-2H3,(H,29,30)/t11-,13?,15?,21?,24+/m0/s1. The molecular weight excluding hydrogens is 523 g/mol. The van der Waals surface area contributed by atoms with Gasteiger partial charge in [-0.05, 0) is 55.2 Å². The number of benzene rings is 2. The number of nitrogens with one attached hydrogen (secondary N) is 1. The van der Waals surface area contributed by atoms with Crippen LogP contribution in [0.25, 0.3) is 0 Å². The van der Waals surface area contributed by atoms with Gasteiger partial charge in [-0.3, -0.25) is 4.79 Å². The number of hydrogen-bond donors (Lipinski definition) is 2. The minimum absolute atomic E-state index is 0.0934. The molecule has 0 aliphatic heterocycles. The van der Waals surface area contributed by atoms with Crippen molar-refractivity contribution in [2.24, 2.45) is 17.8 Å². The average Bonchev–Trinajstić information content (AvgIpc) is 3.03. The van der Waals surface area contributed by atoms with E-state index in [1.807, 2.05) is 6.92 Å². The molecule has 0 saturated heterocycles. The minimum Gasteiger partial charge on any atom is -0.467 e. The fraction of sp³-hybridized carbons (Fsp3) is 0.417. The molecule has 2 aliphatic carbocycles. The van der Waals surface area contributed by atoms with E-state index in [0.717, 1.165) is 13.2 Å². The van der Waals surface area contributed by atoms with Crippen molar-refractivity contribution < 1.29 is 41.0 Å². The molecule has 36 heavy (non-hydrogen) atoms. The number of amides is 1. The normalized spacial score (nSPS) is 27.5. The molecule has 4 rings (SSSR count). The van der Waals surface area contributed by atoms with Crippen LogP contribution in [-0.2, 0) is 19.4 Å². The summed E-state index contributed by atoms with van der Waals surface area (Å²) >= 11 is 6.23. The van der Waals surface area contributed by atoms with Crippen LogP contribution >= 0.6 is 11.6 Å². The minimum atomic E-state index is -4.14. The average molecular weight is 546 g/mol. The molecule has 2 aromatic rings. The zero-order chi connectivity index (χ0) is 26.6.